The van der Waals surface area contributed by atoms with E-state index in [0.717, 1.165) is 51.9 Å². The predicted octanol–water partition coefficient (Wildman–Crippen LogP) is 2.00. The van der Waals surface area contributed by atoms with E-state index in [9.17, 15) is 0 Å². The second-order valence-electron chi connectivity index (χ2n) is 7.60. The Morgan fingerprint density at radius 3 is 2.23 bits per heavy atom. The van der Waals surface area contributed by atoms with Crippen molar-refractivity contribution in [2.75, 3.05) is 66.1 Å². The van der Waals surface area contributed by atoms with Crippen LogP contribution >= 0.6 is 24.0 Å². The van der Waals surface area contributed by atoms with E-state index in [4.69, 9.17) is 4.74 Å². The maximum Gasteiger partial charge on any atom is 0.191 e. The summed E-state index contributed by atoms with van der Waals surface area (Å²) >= 11 is 0. The van der Waals surface area contributed by atoms with E-state index >= 15 is 0 Å². The number of guanidine groups is 1. The third-order valence-electron chi connectivity index (χ3n) is 5.41. The average molecular weight is 481 g/mol. The second kappa shape index (κ2) is 14.0. The summed E-state index contributed by atoms with van der Waals surface area (Å²) in [6.45, 7) is 13.9. The minimum absolute atomic E-state index is 0. The fourth-order valence-corrected chi connectivity index (χ4v) is 3.81. The highest BCUT2D eigenvalue weighted by Crippen LogP contribution is 2.12. The normalized spacial score (nSPS) is 21.8. The van der Waals surface area contributed by atoms with E-state index in [2.05, 4.69) is 39.3 Å². The first-order valence-electron chi connectivity index (χ1n) is 10.2. The van der Waals surface area contributed by atoms with Gasteiger partial charge in [-0.3, -0.25) is 9.89 Å². The number of morpholine rings is 1. The minimum atomic E-state index is 0. The first kappa shape index (κ1) is 23.9. The molecule has 0 radical (unpaired) electrons. The average Bonchev–Trinajstić information content (AvgIpc) is 2.90. The van der Waals surface area contributed by atoms with Crippen molar-refractivity contribution in [3.63, 3.8) is 0 Å². The van der Waals surface area contributed by atoms with E-state index in [1.165, 1.54) is 38.8 Å². The molecule has 7 heteroatoms. The van der Waals surface area contributed by atoms with Crippen LogP contribution in [0.4, 0.5) is 0 Å². The van der Waals surface area contributed by atoms with Crippen LogP contribution in [0.3, 0.4) is 0 Å². The van der Waals surface area contributed by atoms with Crippen LogP contribution in [0.25, 0.3) is 0 Å². The number of halogens is 1. The van der Waals surface area contributed by atoms with Crippen molar-refractivity contribution in [2.45, 2.75) is 45.6 Å². The summed E-state index contributed by atoms with van der Waals surface area (Å²) in [5.74, 6) is 1.54. The highest BCUT2D eigenvalue weighted by atomic mass is 127. The number of nitrogens with zero attached hydrogens (tertiary/aromatic N) is 3. The Labute approximate surface area is 177 Å². The zero-order valence-corrected chi connectivity index (χ0v) is 19.3. The number of nitrogens with one attached hydrogen (secondary N) is 2. The molecule has 0 aliphatic carbocycles. The summed E-state index contributed by atoms with van der Waals surface area (Å²) in [4.78, 5) is 9.53. The van der Waals surface area contributed by atoms with Gasteiger partial charge in [0, 0.05) is 45.8 Å². The van der Waals surface area contributed by atoms with Crippen LogP contribution in [0.1, 0.15) is 39.5 Å². The molecule has 0 aromatic rings. The molecular formula is C19H40IN5O. The smallest absolute Gasteiger partial charge is 0.191 e. The highest BCUT2D eigenvalue weighted by molar-refractivity contribution is 14.0. The van der Waals surface area contributed by atoms with Crippen molar-refractivity contribution < 1.29 is 4.74 Å². The molecule has 0 amide bonds. The fraction of sp³-hybridized carbons (Fsp3) is 0.947. The van der Waals surface area contributed by atoms with E-state index in [-0.39, 0.29) is 24.0 Å². The second-order valence-corrected chi connectivity index (χ2v) is 7.60. The van der Waals surface area contributed by atoms with Crippen molar-refractivity contribution in [1.82, 2.24) is 20.4 Å². The lowest BCUT2D eigenvalue weighted by atomic mass is 10.0. The zero-order valence-electron chi connectivity index (χ0n) is 17.0. The van der Waals surface area contributed by atoms with Gasteiger partial charge >= 0.3 is 0 Å². The van der Waals surface area contributed by atoms with Crippen LogP contribution in [-0.4, -0.2) is 87.9 Å². The van der Waals surface area contributed by atoms with Gasteiger partial charge in [0.15, 0.2) is 5.96 Å². The Balaban J connectivity index is 0.00000338. The molecule has 0 aromatic carbocycles. The molecule has 1 atom stereocenters. The van der Waals surface area contributed by atoms with Crippen LogP contribution in [0, 0.1) is 5.92 Å². The standard InChI is InChI=1S/C19H39N5O.HI/c1-17(2)18(24-12-14-25-15-13-24)16-22-19(20-3)21-8-11-23-9-6-4-5-7-10-23;/h17-18H,4-16H2,1-3H3,(H2,20,21,22);1H. The molecule has 0 spiro atoms. The topological polar surface area (TPSA) is 52.1 Å². The Hall–Kier alpha value is -0.120. The number of ether oxygens (including phenoxy) is 1. The minimum Gasteiger partial charge on any atom is -0.379 e. The summed E-state index contributed by atoms with van der Waals surface area (Å²) < 4.78 is 5.49. The van der Waals surface area contributed by atoms with Crippen LogP contribution in [0.2, 0.25) is 0 Å². The molecule has 2 N–H and O–H groups in total. The lowest BCUT2D eigenvalue weighted by Crippen LogP contribution is -2.53. The van der Waals surface area contributed by atoms with Crippen LogP contribution in [0.15, 0.2) is 4.99 Å². The molecule has 2 heterocycles. The van der Waals surface area contributed by atoms with Gasteiger partial charge in [-0.1, -0.05) is 26.7 Å². The van der Waals surface area contributed by atoms with Gasteiger partial charge < -0.3 is 20.3 Å². The zero-order chi connectivity index (χ0) is 17.9. The van der Waals surface area contributed by atoms with Gasteiger partial charge in [0.05, 0.1) is 13.2 Å². The molecule has 0 saturated carbocycles. The monoisotopic (exact) mass is 481 g/mol. The first-order valence-corrected chi connectivity index (χ1v) is 10.2. The molecule has 0 aromatic heterocycles. The van der Waals surface area contributed by atoms with Crippen LogP contribution in [0.5, 0.6) is 0 Å². The molecule has 2 aliphatic rings. The Morgan fingerprint density at radius 2 is 1.65 bits per heavy atom. The molecule has 154 valence electrons. The molecule has 2 rings (SSSR count). The van der Waals surface area contributed by atoms with Crippen molar-refractivity contribution in [2.24, 2.45) is 10.9 Å². The predicted molar refractivity (Wildman–Crippen MR) is 121 cm³/mol. The number of hydrogen-bond acceptors (Lipinski definition) is 4. The Morgan fingerprint density at radius 1 is 1.00 bits per heavy atom. The number of hydrogen-bond donors (Lipinski definition) is 2. The van der Waals surface area contributed by atoms with E-state index in [1.54, 1.807) is 0 Å². The van der Waals surface area contributed by atoms with Crippen LogP contribution < -0.4 is 10.6 Å². The SMILES string of the molecule is CN=C(NCCN1CCCCCC1)NCC(C(C)C)N1CCOCC1.I. The summed E-state index contributed by atoms with van der Waals surface area (Å²) in [6.07, 6.45) is 5.49. The lowest BCUT2D eigenvalue weighted by molar-refractivity contribution is 0.00752. The molecule has 2 fully saturated rings. The maximum absolute atomic E-state index is 5.49. The quantitative estimate of drug-likeness (QED) is 0.331. The third-order valence-corrected chi connectivity index (χ3v) is 5.41. The van der Waals surface area contributed by atoms with Gasteiger partial charge in [-0.2, -0.15) is 0 Å². The number of rotatable bonds is 7. The van der Waals surface area contributed by atoms with Crippen molar-refractivity contribution >= 4 is 29.9 Å². The molecule has 2 saturated heterocycles. The molecule has 0 bridgehead atoms. The highest BCUT2D eigenvalue weighted by Gasteiger charge is 2.23. The van der Waals surface area contributed by atoms with E-state index < -0.39 is 0 Å². The number of aliphatic imine (C=N–C) groups is 1. The molecule has 1 unspecified atom stereocenters. The third kappa shape index (κ3) is 8.71. The lowest BCUT2D eigenvalue weighted by Gasteiger charge is -2.37. The Bertz CT molecular complexity index is 380. The van der Waals surface area contributed by atoms with Crippen LogP contribution in [-0.2, 0) is 4.74 Å². The largest absolute Gasteiger partial charge is 0.379 e. The first-order chi connectivity index (χ1) is 12.2. The number of likely N-dealkylation sites (tertiary alicyclic amines) is 1. The Kier molecular flexibility index (Phi) is 12.8. The van der Waals surface area contributed by atoms with Gasteiger partial charge in [0.25, 0.3) is 0 Å². The van der Waals surface area contributed by atoms with Gasteiger partial charge in [0.1, 0.15) is 0 Å². The van der Waals surface area contributed by atoms with Crippen molar-refractivity contribution in [1.29, 1.82) is 0 Å². The molecular weight excluding hydrogens is 441 g/mol. The van der Waals surface area contributed by atoms with Crippen molar-refractivity contribution in [3.8, 4) is 0 Å². The van der Waals surface area contributed by atoms with Gasteiger partial charge in [-0.05, 0) is 31.8 Å². The van der Waals surface area contributed by atoms with Crippen molar-refractivity contribution in [3.05, 3.63) is 0 Å². The summed E-state index contributed by atoms with van der Waals surface area (Å²) in [7, 11) is 1.86. The van der Waals surface area contributed by atoms with E-state index in [1.807, 2.05) is 7.05 Å². The van der Waals surface area contributed by atoms with Gasteiger partial charge in [0.2, 0.25) is 0 Å². The van der Waals surface area contributed by atoms with Gasteiger partial charge in [-0.15, -0.1) is 24.0 Å². The summed E-state index contributed by atoms with van der Waals surface area (Å²) in [6, 6.07) is 0.521. The van der Waals surface area contributed by atoms with Gasteiger partial charge in [-0.25, -0.2) is 0 Å². The molecule has 2 aliphatic heterocycles. The maximum atomic E-state index is 5.49. The summed E-state index contributed by atoms with van der Waals surface area (Å²) in [5, 5.41) is 7.02. The van der Waals surface area contributed by atoms with E-state index in [0.29, 0.717) is 12.0 Å². The molecule has 6 nitrogen and oxygen atoms in total. The summed E-state index contributed by atoms with van der Waals surface area (Å²) in [5.41, 5.74) is 0. The fourth-order valence-electron chi connectivity index (χ4n) is 3.81. The molecule has 26 heavy (non-hydrogen) atoms.